The van der Waals surface area contributed by atoms with Gasteiger partial charge >= 0.3 is 0 Å². The van der Waals surface area contributed by atoms with Gasteiger partial charge in [0.15, 0.2) is 0 Å². The molecule has 2 aromatic carbocycles. The van der Waals surface area contributed by atoms with E-state index in [0.29, 0.717) is 30.3 Å². The summed E-state index contributed by atoms with van der Waals surface area (Å²) in [5.74, 6) is 2.00. The van der Waals surface area contributed by atoms with Gasteiger partial charge in [0.1, 0.15) is 23.2 Å². The fourth-order valence-electron chi connectivity index (χ4n) is 3.04. The molecule has 0 aliphatic carbocycles. The van der Waals surface area contributed by atoms with Crippen molar-refractivity contribution in [3.05, 3.63) is 59.7 Å². The molecule has 0 radical (unpaired) electrons. The van der Waals surface area contributed by atoms with Gasteiger partial charge < -0.3 is 20.9 Å². The van der Waals surface area contributed by atoms with E-state index < -0.39 is 0 Å². The number of amidine groups is 2. The Labute approximate surface area is 166 Å². The predicted octanol–water partition coefficient (Wildman–Crippen LogP) is 3.76. The van der Waals surface area contributed by atoms with Crippen molar-refractivity contribution < 1.29 is 9.47 Å². The minimum Gasteiger partial charge on any atom is -0.493 e. The van der Waals surface area contributed by atoms with Crippen molar-refractivity contribution in [3.63, 3.8) is 0 Å². The summed E-state index contributed by atoms with van der Waals surface area (Å²) in [7, 11) is 0. The largest absolute Gasteiger partial charge is 0.493 e. The molecule has 1 atom stereocenters. The number of nitrogens with two attached hydrogens (primary N) is 2. The molecular formula is C22H30N4O2. The number of hydrogen-bond acceptors (Lipinski definition) is 4. The lowest BCUT2D eigenvalue weighted by Crippen LogP contribution is -2.26. The molecule has 0 saturated heterocycles. The summed E-state index contributed by atoms with van der Waals surface area (Å²) >= 11 is 0. The van der Waals surface area contributed by atoms with E-state index in [0.717, 1.165) is 17.9 Å². The smallest absolute Gasteiger partial charge is 0.122 e. The normalized spacial score (nSPS) is 12.2. The lowest BCUT2D eigenvalue weighted by atomic mass is 9.84. The van der Waals surface area contributed by atoms with Gasteiger partial charge in [-0.2, -0.15) is 0 Å². The van der Waals surface area contributed by atoms with Crippen molar-refractivity contribution in [3.8, 4) is 11.5 Å². The van der Waals surface area contributed by atoms with Crippen LogP contribution in [0.4, 0.5) is 0 Å². The quantitative estimate of drug-likeness (QED) is 0.369. The van der Waals surface area contributed by atoms with Crippen LogP contribution in [-0.2, 0) is 0 Å². The number of ether oxygens (including phenoxy) is 2. The molecule has 0 fully saturated rings. The van der Waals surface area contributed by atoms with Gasteiger partial charge in [-0.05, 0) is 66.3 Å². The van der Waals surface area contributed by atoms with Crippen molar-refractivity contribution in [2.75, 3.05) is 13.2 Å². The zero-order valence-electron chi connectivity index (χ0n) is 16.8. The monoisotopic (exact) mass is 382 g/mol. The van der Waals surface area contributed by atoms with E-state index in [1.165, 1.54) is 0 Å². The lowest BCUT2D eigenvalue weighted by Gasteiger charge is -2.28. The van der Waals surface area contributed by atoms with Crippen molar-refractivity contribution in [2.45, 2.75) is 27.2 Å². The summed E-state index contributed by atoms with van der Waals surface area (Å²) in [5, 5.41) is 14.8. The highest BCUT2D eigenvalue weighted by atomic mass is 16.5. The Morgan fingerprint density at radius 1 is 0.857 bits per heavy atom. The first-order valence-electron chi connectivity index (χ1n) is 9.31. The van der Waals surface area contributed by atoms with Gasteiger partial charge in [-0.3, -0.25) is 10.8 Å². The van der Waals surface area contributed by atoms with Crippen LogP contribution in [0.25, 0.3) is 0 Å². The van der Waals surface area contributed by atoms with Crippen molar-refractivity contribution in [1.29, 1.82) is 10.8 Å². The van der Waals surface area contributed by atoms with Crippen LogP contribution in [-0.4, -0.2) is 24.9 Å². The minimum atomic E-state index is -0.0134. The number of nitrogen functional groups attached to an aromatic ring is 2. The third kappa shape index (κ3) is 6.61. The Kier molecular flexibility index (Phi) is 7.04. The summed E-state index contributed by atoms with van der Waals surface area (Å²) in [6.07, 6.45) is 0.948. The molecule has 28 heavy (non-hydrogen) atoms. The molecule has 6 N–H and O–H groups in total. The van der Waals surface area contributed by atoms with E-state index in [9.17, 15) is 0 Å². The summed E-state index contributed by atoms with van der Waals surface area (Å²) in [6, 6.07) is 14.5. The summed E-state index contributed by atoms with van der Waals surface area (Å²) < 4.78 is 11.8. The molecule has 0 saturated carbocycles. The van der Waals surface area contributed by atoms with Crippen LogP contribution in [0.15, 0.2) is 48.5 Å². The molecule has 150 valence electrons. The molecule has 6 heteroatoms. The van der Waals surface area contributed by atoms with Gasteiger partial charge in [0, 0.05) is 11.1 Å². The fourth-order valence-corrected chi connectivity index (χ4v) is 3.04. The second-order valence-corrected chi connectivity index (χ2v) is 7.95. The van der Waals surface area contributed by atoms with Gasteiger partial charge in [-0.15, -0.1) is 0 Å². The number of nitrogens with one attached hydrogen (secondary N) is 2. The Balaban J connectivity index is 1.80. The molecular weight excluding hydrogens is 352 g/mol. The second kappa shape index (κ2) is 9.26. The third-order valence-corrected chi connectivity index (χ3v) is 4.40. The topological polar surface area (TPSA) is 118 Å². The maximum atomic E-state index is 7.43. The molecule has 1 unspecified atom stereocenters. The summed E-state index contributed by atoms with van der Waals surface area (Å²) in [5.41, 5.74) is 12.3. The summed E-state index contributed by atoms with van der Waals surface area (Å²) in [4.78, 5) is 0. The predicted molar refractivity (Wildman–Crippen MR) is 113 cm³/mol. The van der Waals surface area contributed by atoms with E-state index in [1.54, 1.807) is 24.3 Å². The first-order valence-corrected chi connectivity index (χ1v) is 9.31. The van der Waals surface area contributed by atoms with Crippen LogP contribution in [0.1, 0.15) is 38.3 Å². The molecule has 0 amide bonds. The van der Waals surface area contributed by atoms with Gasteiger partial charge in [0.25, 0.3) is 0 Å². The maximum absolute atomic E-state index is 7.43. The average molecular weight is 383 g/mol. The minimum absolute atomic E-state index is 0.0134. The molecule has 6 nitrogen and oxygen atoms in total. The third-order valence-electron chi connectivity index (χ3n) is 4.40. The van der Waals surface area contributed by atoms with Gasteiger partial charge in [-0.1, -0.05) is 20.8 Å². The molecule has 2 rings (SSSR count). The highest BCUT2D eigenvalue weighted by molar-refractivity contribution is 5.95. The molecule has 2 aromatic rings. The maximum Gasteiger partial charge on any atom is 0.122 e. The van der Waals surface area contributed by atoms with E-state index in [1.807, 2.05) is 24.3 Å². The number of rotatable bonds is 10. The number of benzene rings is 2. The van der Waals surface area contributed by atoms with Gasteiger partial charge in [0.05, 0.1) is 13.2 Å². The zero-order valence-corrected chi connectivity index (χ0v) is 16.8. The molecule has 0 spiro atoms. The van der Waals surface area contributed by atoms with Crippen LogP contribution < -0.4 is 20.9 Å². The Morgan fingerprint density at radius 3 is 1.71 bits per heavy atom. The first kappa shape index (κ1) is 21.3. The standard InChI is InChI=1S/C22H30N4O2/c1-15(13-27-18-8-4-16(5-9-18)20(23)24)12-22(2,3)14-28-19-10-6-17(7-11-19)21(25)26/h4-11,15H,12-14H2,1-3H3,(H3,23,24)(H3,25,26). The van der Waals surface area contributed by atoms with E-state index >= 15 is 0 Å². The van der Waals surface area contributed by atoms with Crippen LogP contribution in [0.3, 0.4) is 0 Å². The second-order valence-electron chi connectivity index (χ2n) is 7.95. The van der Waals surface area contributed by atoms with Crippen LogP contribution >= 0.6 is 0 Å². The molecule has 0 aromatic heterocycles. The average Bonchev–Trinajstić information content (AvgIpc) is 2.65. The lowest BCUT2D eigenvalue weighted by molar-refractivity contribution is 0.131. The Hall–Kier alpha value is -3.02. The van der Waals surface area contributed by atoms with Crippen molar-refractivity contribution in [1.82, 2.24) is 0 Å². The first-order chi connectivity index (χ1) is 13.2. The van der Waals surface area contributed by atoms with Gasteiger partial charge in [-0.25, -0.2) is 0 Å². The van der Waals surface area contributed by atoms with E-state index in [2.05, 4.69) is 20.8 Å². The zero-order chi connectivity index (χ0) is 20.7. The molecule has 0 bridgehead atoms. The van der Waals surface area contributed by atoms with Crippen LogP contribution in [0.5, 0.6) is 11.5 Å². The van der Waals surface area contributed by atoms with Crippen molar-refractivity contribution in [2.24, 2.45) is 22.8 Å². The number of hydrogen-bond donors (Lipinski definition) is 4. The highest BCUT2D eigenvalue weighted by Gasteiger charge is 2.22. The SMILES string of the molecule is CC(COc1ccc(C(=N)N)cc1)CC(C)(C)COc1ccc(C(=N)N)cc1. The van der Waals surface area contributed by atoms with Crippen molar-refractivity contribution >= 4 is 11.7 Å². The van der Waals surface area contributed by atoms with E-state index in [4.69, 9.17) is 31.8 Å². The van der Waals surface area contributed by atoms with Crippen LogP contribution in [0, 0.1) is 22.2 Å². The molecule has 0 aliphatic heterocycles. The van der Waals surface area contributed by atoms with Crippen LogP contribution in [0.2, 0.25) is 0 Å². The summed E-state index contributed by atoms with van der Waals surface area (Å²) in [6.45, 7) is 7.71. The molecule has 0 aliphatic rings. The highest BCUT2D eigenvalue weighted by Crippen LogP contribution is 2.27. The fraction of sp³-hybridized carbons (Fsp3) is 0.364. The Morgan fingerprint density at radius 2 is 1.29 bits per heavy atom. The Bertz CT molecular complexity index is 798. The molecule has 0 heterocycles. The van der Waals surface area contributed by atoms with E-state index in [-0.39, 0.29) is 17.1 Å². The van der Waals surface area contributed by atoms with Gasteiger partial charge in [0.2, 0.25) is 0 Å².